The van der Waals surface area contributed by atoms with Gasteiger partial charge in [-0.3, -0.25) is 0 Å². The summed E-state index contributed by atoms with van der Waals surface area (Å²) in [5.41, 5.74) is 7.57. The number of aromatic nitrogens is 2. The third-order valence-corrected chi connectivity index (χ3v) is 6.91. The van der Waals surface area contributed by atoms with Crippen molar-refractivity contribution in [3.63, 3.8) is 0 Å². The maximum absolute atomic E-state index is 13.5. The number of nitrogens with two attached hydrogens (primary N) is 2. The number of benzene rings is 2. The van der Waals surface area contributed by atoms with Crippen LogP contribution in [0.4, 0.5) is 25.4 Å². The number of hydrogen-bond acceptors (Lipinski definition) is 8. The Morgan fingerprint density at radius 3 is 2.40 bits per heavy atom. The van der Waals surface area contributed by atoms with E-state index in [9.17, 15) is 17.2 Å². The van der Waals surface area contributed by atoms with E-state index < -0.39 is 21.7 Å². The van der Waals surface area contributed by atoms with Gasteiger partial charge in [0.1, 0.15) is 15.7 Å². The fourth-order valence-corrected chi connectivity index (χ4v) is 4.91. The lowest BCUT2D eigenvalue weighted by atomic mass is 10.2. The van der Waals surface area contributed by atoms with E-state index >= 15 is 0 Å². The molecule has 2 heterocycles. The third-order valence-electron chi connectivity index (χ3n) is 4.00. The first kappa shape index (κ1) is 20.3. The second-order valence-electron chi connectivity index (χ2n) is 6.09. The largest absolute Gasteiger partial charge is 0.382 e. The van der Waals surface area contributed by atoms with Gasteiger partial charge in [0.15, 0.2) is 16.8 Å². The molecule has 30 heavy (non-hydrogen) atoms. The topological polar surface area (TPSA) is 124 Å². The van der Waals surface area contributed by atoms with Gasteiger partial charge in [-0.2, -0.15) is 0 Å². The second-order valence-corrected chi connectivity index (χ2v) is 9.51. The molecule has 4 rings (SSSR count). The summed E-state index contributed by atoms with van der Waals surface area (Å²) < 4.78 is 49.3. The molecule has 0 saturated carbocycles. The Kier molecular flexibility index (Phi) is 5.24. The van der Waals surface area contributed by atoms with Crippen LogP contribution in [0.25, 0.3) is 21.1 Å². The quantitative estimate of drug-likeness (QED) is 0.406. The molecule has 0 radical (unpaired) electrons. The molecule has 0 aliphatic carbocycles. The maximum atomic E-state index is 13.5. The molecule has 0 unspecified atom stereocenters. The van der Waals surface area contributed by atoms with Crippen LogP contribution in [-0.4, -0.2) is 18.4 Å². The highest BCUT2D eigenvalue weighted by molar-refractivity contribution is 7.89. The number of hydrogen-bond donors (Lipinski definition) is 3. The number of nitrogens with one attached hydrogen (secondary N) is 1. The van der Waals surface area contributed by atoms with Crippen molar-refractivity contribution in [2.24, 2.45) is 5.14 Å². The van der Waals surface area contributed by atoms with E-state index in [1.807, 2.05) is 0 Å². The van der Waals surface area contributed by atoms with Crippen LogP contribution in [0, 0.1) is 11.6 Å². The van der Waals surface area contributed by atoms with E-state index in [0.29, 0.717) is 32.0 Å². The van der Waals surface area contributed by atoms with Gasteiger partial charge in [-0.05, 0) is 42.5 Å². The second kappa shape index (κ2) is 7.72. The summed E-state index contributed by atoms with van der Waals surface area (Å²) in [5, 5.41) is 10.9. The van der Waals surface area contributed by atoms with Gasteiger partial charge in [0.2, 0.25) is 10.0 Å². The minimum absolute atomic E-state index is 0.0000587. The first-order valence-corrected chi connectivity index (χ1v) is 11.5. The van der Waals surface area contributed by atoms with Crippen molar-refractivity contribution < 1.29 is 17.2 Å². The third kappa shape index (κ3) is 4.16. The fourth-order valence-electron chi connectivity index (χ4n) is 2.56. The number of halogens is 2. The number of sulfonamides is 1. The predicted molar refractivity (Wildman–Crippen MR) is 114 cm³/mol. The van der Waals surface area contributed by atoms with Gasteiger partial charge in [-0.25, -0.2) is 32.3 Å². The smallest absolute Gasteiger partial charge is 0.238 e. The highest BCUT2D eigenvalue weighted by atomic mass is 32.2. The molecule has 0 aliphatic rings. The first-order chi connectivity index (χ1) is 14.2. The molecular weight excluding hydrogens is 452 g/mol. The molecule has 0 aliphatic heterocycles. The van der Waals surface area contributed by atoms with Crippen LogP contribution in [0.1, 0.15) is 0 Å². The van der Waals surface area contributed by atoms with Crippen molar-refractivity contribution in [3.8, 4) is 21.1 Å². The summed E-state index contributed by atoms with van der Waals surface area (Å²) in [6.07, 6.45) is 0. The normalized spacial score (nSPS) is 11.6. The van der Waals surface area contributed by atoms with E-state index in [1.54, 1.807) is 17.5 Å². The van der Waals surface area contributed by atoms with Gasteiger partial charge in [-0.1, -0.05) is 11.3 Å². The molecule has 0 fully saturated rings. The summed E-state index contributed by atoms with van der Waals surface area (Å²) in [6, 6.07) is 9.46. The average Bonchev–Trinajstić information content (AvgIpc) is 3.30. The Balaban J connectivity index is 1.57. The molecule has 0 bridgehead atoms. The van der Waals surface area contributed by atoms with E-state index in [2.05, 4.69) is 15.3 Å². The molecule has 4 aromatic rings. The van der Waals surface area contributed by atoms with Crippen LogP contribution < -0.4 is 16.2 Å². The zero-order valence-corrected chi connectivity index (χ0v) is 17.4. The van der Waals surface area contributed by atoms with Crippen molar-refractivity contribution in [1.82, 2.24) is 9.97 Å². The van der Waals surface area contributed by atoms with E-state index in [4.69, 9.17) is 10.9 Å². The highest BCUT2D eigenvalue weighted by Gasteiger charge is 2.16. The number of anilines is 3. The molecule has 0 spiro atoms. The van der Waals surface area contributed by atoms with Crippen molar-refractivity contribution in [2.75, 3.05) is 11.1 Å². The minimum Gasteiger partial charge on any atom is -0.382 e. The van der Waals surface area contributed by atoms with Crippen LogP contribution in [0.15, 0.2) is 52.7 Å². The Morgan fingerprint density at radius 2 is 1.73 bits per heavy atom. The Labute approximate surface area is 178 Å². The van der Waals surface area contributed by atoms with Crippen LogP contribution in [0.2, 0.25) is 0 Å². The van der Waals surface area contributed by atoms with Gasteiger partial charge in [0.25, 0.3) is 0 Å². The number of rotatable bonds is 5. The molecule has 0 amide bonds. The molecule has 7 nitrogen and oxygen atoms in total. The summed E-state index contributed by atoms with van der Waals surface area (Å²) in [4.78, 5) is 9.34. The lowest BCUT2D eigenvalue weighted by Crippen LogP contribution is -2.11. The molecular formula is C18H13F2N5O2S3. The van der Waals surface area contributed by atoms with E-state index in [0.717, 1.165) is 12.1 Å². The summed E-state index contributed by atoms with van der Waals surface area (Å²) in [7, 11) is -3.77. The van der Waals surface area contributed by atoms with Gasteiger partial charge in [-0.15, -0.1) is 11.3 Å². The number of primary sulfonamides is 1. The summed E-state index contributed by atoms with van der Waals surface area (Å²) in [5.74, 6) is -1.61. The van der Waals surface area contributed by atoms with Crippen molar-refractivity contribution in [2.45, 2.75) is 4.90 Å². The van der Waals surface area contributed by atoms with Gasteiger partial charge in [0.05, 0.1) is 10.6 Å². The van der Waals surface area contributed by atoms with Crippen molar-refractivity contribution >= 4 is 49.3 Å². The minimum atomic E-state index is -3.77. The number of nitrogen functional groups attached to an aromatic ring is 1. The number of nitrogens with zero attached hydrogens (tertiary/aromatic N) is 2. The fraction of sp³-hybridized carbons (Fsp3) is 0. The standard InChI is InChI=1S/C18H13F2N5O2S3/c19-12-6-1-9(7-13(12)20)14-8-28-17(24-14)15-16(21)25-18(29-15)23-10-2-4-11(5-3-10)30(22,26)27/h1-8H,21H2,(H,23,25)(H2,22,26,27). The summed E-state index contributed by atoms with van der Waals surface area (Å²) in [6.45, 7) is 0. The van der Waals surface area contributed by atoms with Gasteiger partial charge in [0, 0.05) is 16.6 Å². The summed E-state index contributed by atoms with van der Waals surface area (Å²) >= 11 is 2.56. The van der Waals surface area contributed by atoms with E-state index in [1.165, 1.54) is 40.9 Å². The zero-order valence-electron chi connectivity index (χ0n) is 15.0. The first-order valence-electron chi connectivity index (χ1n) is 8.28. The monoisotopic (exact) mass is 465 g/mol. The van der Waals surface area contributed by atoms with Gasteiger partial charge < -0.3 is 11.1 Å². The number of thiazole rings is 2. The molecule has 2 aromatic heterocycles. The Morgan fingerprint density at radius 1 is 1.00 bits per heavy atom. The van der Waals surface area contributed by atoms with Crippen LogP contribution in [0.5, 0.6) is 0 Å². The van der Waals surface area contributed by atoms with E-state index in [-0.39, 0.29) is 10.7 Å². The molecule has 0 saturated heterocycles. The Hall–Kier alpha value is -2.93. The lowest BCUT2D eigenvalue weighted by molar-refractivity contribution is 0.509. The van der Waals surface area contributed by atoms with Crippen LogP contribution in [0.3, 0.4) is 0 Å². The van der Waals surface area contributed by atoms with Crippen molar-refractivity contribution in [1.29, 1.82) is 0 Å². The van der Waals surface area contributed by atoms with Gasteiger partial charge >= 0.3 is 0 Å². The van der Waals surface area contributed by atoms with Crippen LogP contribution in [-0.2, 0) is 10.0 Å². The van der Waals surface area contributed by atoms with Crippen LogP contribution >= 0.6 is 22.7 Å². The predicted octanol–water partition coefficient (Wildman–Crippen LogP) is 4.19. The SMILES string of the molecule is Nc1nc(Nc2ccc(S(N)(=O)=O)cc2)sc1-c1nc(-c2ccc(F)c(F)c2)cs1. The zero-order chi connectivity index (χ0) is 21.5. The molecule has 0 atom stereocenters. The highest BCUT2D eigenvalue weighted by Crippen LogP contribution is 2.39. The lowest BCUT2D eigenvalue weighted by Gasteiger charge is -2.03. The molecule has 12 heteroatoms. The maximum Gasteiger partial charge on any atom is 0.238 e. The molecule has 2 aromatic carbocycles. The Bertz CT molecular complexity index is 1330. The molecule has 5 N–H and O–H groups in total. The average molecular weight is 466 g/mol. The van der Waals surface area contributed by atoms with Crippen molar-refractivity contribution in [3.05, 3.63) is 59.5 Å². The molecule has 154 valence electrons.